The standard InChI is InChI=1S/C19H25N/c1-18(2,3)15-9-7-14(8-10-15)17-13-16(11-12-20-17)19(4,5)6/h7-13H,1-6H3. The lowest BCUT2D eigenvalue weighted by atomic mass is 9.85. The molecule has 0 amide bonds. The number of aromatic nitrogens is 1. The first-order chi connectivity index (χ1) is 9.18. The molecule has 0 saturated heterocycles. The van der Waals surface area contributed by atoms with Crippen LogP contribution >= 0.6 is 0 Å². The molecule has 1 aromatic heterocycles. The van der Waals surface area contributed by atoms with Gasteiger partial charge < -0.3 is 0 Å². The van der Waals surface area contributed by atoms with E-state index in [2.05, 4.69) is 82.9 Å². The Balaban J connectivity index is 2.38. The Morgan fingerprint density at radius 1 is 0.700 bits per heavy atom. The highest BCUT2D eigenvalue weighted by atomic mass is 14.7. The van der Waals surface area contributed by atoms with Crippen LogP contribution in [0, 0.1) is 0 Å². The van der Waals surface area contributed by atoms with Gasteiger partial charge in [-0.05, 0) is 34.1 Å². The van der Waals surface area contributed by atoms with E-state index in [1.165, 1.54) is 16.7 Å². The lowest BCUT2D eigenvalue weighted by Gasteiger charge is -2.20. The summed E-state index contributed by atoms with van der Waals surface area (Å²) in [6.45, 7) is 13.4. The van der Waals surface area contributed by atoms with Gasteiger partial charge in [-0.25, -0.2) is 0 Å². The molecule has 106 valence electrons. The second kappa shape index (κ2) is 5.05. The fraction of sp³-hybridized carbons (Fsp3) is 0.421. The van der Waals surface area contributed by atoms with E-state index in [-0.39, 0.29) is 10.8 Å². The minimum atomic E-state index is 0.156. The van der Waals surface area contributed by atoms with Crippen LogP contribution in [0.1, 0.15) is 52.7 Å². The molecule has 2 aromatic rings. The van der Waals surface area contributed by atoms with Crippen molar-refractivity contribution in [3.63, 3.8) is 0 Å². The zero-order valence-corrected chi connectivity index (χ0v) is 13.5. The number of nitrogens with zero attached hydrogens (tertiary/aromatic N) is 1. The van der Waals surface area contributed by atoms with Crippen LogP contribution in [0.5, 0.6) is 0 Å². The molecule has 0 fully saturated rings. The van der Waals surface area contributed by atoms with Gasteiger partial charge in [0.2, 0.25) is 0 Å². The predicted molar refractivity (Wildman–Crippen MR) is 87.1 cm³/mol. The SMILES string of the molecule is CC(C)(C)c1ccc(-c2cc(C(C)(C)C)ccn2)cc1. The minimum Gasteiger partial charge on any atom is -0.256 e. The van der Waals surface area contributed by atoms with Gasteiger partial charge in [0.05, 0.1) is 5.69 Å². The smallest absolute Gasteiger partial charge is 0.0704 e. The summed E-state index contributed by atoms with van der Waals surface area (Å²) in [5.74, 6) is 0. The van der Waals surface area contributed by atoms with Crippen molar-refractivity contribution >= 4 is 0 Å². The maximum atomic E-state index is 4.51. The lowest BCUT2D eigenvalue weighted by molar-refractivity contribution is 0.589. The van der Waals surface area contributed by atoms with E-state index in [4.69, 9.17) is 0 Å². The maximum absolute atomic E-state index is 4.51. The minimum absolute atomic E-state index is 0.156. The molecule has 2 rings (SSSR count). The van der Waals surface area contributed by atoms with Crippen LogP contribution in [-0.4, -0.2) is 4.98 Å². The van der Waals surface area contributed by atoms with E-state index in [0.717, 1.165) is 5.69 Å². The largest absolute Gasteiger partial charge is 0.256 e. The van der Waals surface area contributed by atoms with Crippen molar-refractivity contribution in [1.82, 2.24) is 4.98 Å². The molecule has 0 unspecified atom stereocenters. The highest BCUT2D eigenvalue weighted by Crippen LogP contribution is 2.28. The second-order valence-electron chi connectivity index (χ2n) is 7.51. The Kier molecular flexibility index (Phi) is 3.73. The van der Waals surface area contributed by atoms with Crippen LogP contribution in [-0.2, 0) is 10.8 Å². The van der Waals surface area contributed by atoms with Crippen LogP contribution in [0.25, 0.3) is 11.3 Å². The second-order valence-corrected chi connectivity index (χ2v) is 7.51. The third kappa shape index (κ3) is 3.27. The molecule has 0 bridgehead atoms. The molecule has 1 aromatic carbocycles. The molecule has 0 aliphatic heterocycles. The van der Waals surface area contributed by atoms with Gasteiger partial charge in [0.1, 0.15) is 0 Å². The number of pyridine rings is 1. The summed E-state index contributed by atoms with van der Waals surface area (Å²) in [6, 6.07) is 13.1. The van der Waals surface area contributed by atoms with Crippen LogP contribution in [0.2, 0.25) is 0 Å². The monoisotopic (exact) mass is 267 g/mol. The zero-order valence-electron chi connectivity index (χ0n) is 13.5. The van der Waals surface area contributed by atoms with Gasteiger partial charge in [-0.3, -0.25) is 4.98 Å². The molecule has 0 spiro atoms. The van der Waals surface area contributed by atoms with Crippen LogP contribution in [0.4, 0.5) is 0 Å². The van der Waals surface area contributed by atoms with E-state index in [1.54, 1.807) is 0 Å². The number of hydrogen-bond donors (Lipinski definition) is 0. The Labute approximate surface area is 123 Å². The molecule has 0 saturated carbocycles. The van der Waals surface area contributed by atoms with Gasteiger partial charge in [-0.1, -0.05) is 65.8 Å². The first kappa shape index (κ1) is 14.8. The Morgan fingerprint density at radius 2 is 1.25 bits per heavy atom. The zero-order chi connectivity index (χ0) is 15.0. The van der Waals surface area contributed by atoms with Gasteiger partial charge >= 0.3 is 0 Å². The van der Waals surface area contributed by atoms with E-state index in [0.29, 0.717) is 0 Å². The van der Waals surface area contributed by atoms with E-state index in [9.17, 15) is 0 Å². The third-order valence-corrected chi connectivity index (χ3v) is 3.67. The Hall–Kier alpha value is -1.63. The first-order valence-electron chi connectivity index (χ1n) is 7.25. The van der Waals surface area contributed by atoms with Crippen LogP contribution in [0.3, 0.4) is 0 Å². The Morgan fingerprint density at radius 3 is 1.75 bits per heavy atom. The average Bonchev–Trinajstić information content (AvgIpc) is 2.37. The summed E-state index contributed by atoms with van der Waals surface area (Å²) in [5.41, 5.74) is 5.26. The summed E-state index contributed by atoms with van der Waals surface area (Å²) in [4.78, 5) is 4.51. The van der Waals surface area contributed by atoms with Gasteiger partial charge in [-0.15, -0.1) is 0 Å². The molecule has 0 radical (unpaired) electrons. The molecular formula is C19H25N. The van der Waals surface area contributed by atoms with E-state index in [1.807, 2.05) is 6.20 Å². The van der Waals surface area contributed by atoms with Gasteiger partial charge in [0.15, 0.2) is 0 Å². The molecule has 1 heteroatoms. The number of rotatable bonds is 1. The highest BCUT2D eigenvalue weighted by molar-refractivity contribution is 5.60. The summed E-state index contributed by atoms with van der Waals surface area (Å²) < 4.78 is 0. The van der Waals surface area contributed by atoms with Crippen molar-refractivity contribution in [3.8, 4) is 11.3 Å². The number of benzene rings is 1. The molecule has 0 atom stereocenters. The molecule has 0 aliphatic rings. The average molecular weight is 267 g/mol. The van der Waals surface area contributed by atoms with Crippen molar-refractivity contribution in [3.05, 3.63) is 53.7 Å². The van der Waals surface area contributed by atoms with E-state index >= 15 is 0 Å². The molecule has 1 nitrogen and oxygen atoms in total. The predicted octanol–water partition coefficient (Wildman–Crippen LogP) is 5.34. The first-order valence-corrected chi connectivity index (χ1v) is 7.25. The fourth-order valence-corrected chi connectivity index (χ4v) is 2.20. The van der Waals surface area contributed by atoms with E-state index < -0.39 is 0 Å². The van der Waals surface area contributed by atoms with Crippen molar-refractivity contribution in [2.75, 3.05) is 0 Å². The molecule has 1 heterocycles. The van der Waals surface area contributed by atoms with Gasteiger partial charge in [0.25, 0.3) is 0 Å². The maximum Gasteiger partial charge on any atom is 0.0704 e. The fourth-order valence-electron chi connectivity index (χ4n) is 2.20. The van der Waals surface area contributed by atoms with Crippen molar-refractivity contribution in [2.45, 2.75) is 52.4 Å². The van der Waals surface area contributed by atoms with Crippen molar-refractivity contribution in [2.24, 2.45) is 0 Å². The van der Waals surface area contributed by atoms with Crippen LogP contribution in [0.15, 0.2) is 42.6 Å². The normalized spacial score (nSPS) is 12.5. The lowest BCUT2D eigenvalue weighted by Crippen LogP contribution is -2.11. The molecule has 0 N–H and O–H groups in total. The summed E-state index contributed by atoms with van der Waals surface area (Å²) in [7, 11) is 0. The van der Waals surface area contributed by atoms with Crippen molar-refractivity contribution in [1.29, 1.82) is 0 Å². The highest BCUT2D eigenvalue weighted by Gasteiger charge is 2.16. The van der Waals surface area contributed by atoms with Gasteiger partial charge in [0, 0.05) is 11.8 Å². The quantitative estimate of drug-likeness (QED) is 0.679. The summed E-state index contributed by atoms with van der Waals surface area (Å²) in [6.07, 6.45) is 1.91. The summed E-state index contributed by atoms with van der Waals surface area (Å²) >= 11 is 0. The third-order valence-electron chi connectivity index (χ3n) is 3.67. The molecule has 0 aliphatic carbocycles. The summed E-state index contributed by atoms with van der Waals surface area (Å²) in [5, 5.41) is 0. The Bertz CT molecular complexity index is 580. The topological polar surface area (TPSA) is 12.9 Å². The number of hydrogen-bond acceptors (Lipinski definition) is 1. The molecular weight excluding hydrogens is 242 g/mol. The van der Waals surface area contributed by atoms with Gasteiger partial charge in [-0.2, -0.15) is 0 Å². The van der Waals surface area contributed by atoms with Crippen molar-refractivity contribution < 1.29 is 0 Å². The molecule has 20 heavy (non-hydrogen) atoms. The van der Waals surface area contributed by atoms with Crippen LogP contribution < -0.4 is 0 Å².